The number of pyridine rings is 1. The number of nitrogens with one attached hydrogen (secondary N) is 1. The number of aryl methyl sites for hydroxylation is 1. The van der Waals surface area contributed by atoms with E-state index in [4.69, 9.17) is 0 Å². The number of nitrogens with zero attached hydrogens (tertiary/aromatic N) is 1. The number of rotatable bonds is 6. The summed E-state index contributed by atoms with van der Waals surface area (Å²) < 4.78 is 0. The zero-order valence-corrected chi connectivity index (χ0v) is 11.4. The van der Waals surface area contributed by atoms with Crippen LogP contribution in [0.15, 0.2) is 48.8 Å². The van der Waals surface area contributed by atoms with Gasteiger partial charge in [-0.1, -0.05) is 30.3 Å². The molecule has 2 rings (SSSR count). The van der Waals surface area contributed by atoms with Crippen molar-refractivity contribution in [2.45, 2.75) is 19.4 Å². The van der Waals surface area contributed by atoms with Crippen LogP contribution in [0.2, 0.25) is 0 Å². The molecule has 1 aromatic carbocycles. The third-order valence-corrected chi connectivity index (χ3v) is 3.30. The molecule has 2 aromatic rings. The molecule has 0 aliphatic carbocycles. The molecule has 0 saturated carbocycles. The smallest absolute Gasteiger partial charge is 0.312 e. The number of benzene rings is 1. The van der Waals surface area contributed by atoms with Crippen LogP contribution < -0.4 is 5.32 Å². The summed E-state index contributed by atoms with van der Waals surface area (Å²) in [7, 11) is 0. The first-order valence-electron chi connectivity index (χ1n) is 6.56. The van der Waals surface area contributed by atoms with Crippen molar-refractivity contribution in [2.24, 2.45) is 0 Å². The Morgan fingerprint density at radius 2 is 2.05 bits per heavy atom. The van der Waals surface area contributed by atoms with Gasteiger partial charge in [-0.2, -0.15) is 0 Å². The Morgan fingerprint density at radius 1 is 1.30 bits per heavy atom. The number of aromatic nitrogens is 1. The highest BCUT2D eigenvalue weighted by Gasteiger charge is 2.18. The van der Waals surface area contributed by atoms with Gasteiger partial charge in [0.25, 0.3) is 0 Å². The molecule has 2 N–H and O–H groups in total. The second kappa shape index (κ2) is 6.82. The van der Waals surface area contributed by atoms with Gasteiger partial charge in [0.15, 0.2) is 0 Å². The number of carboxylic acids is 1. The minimum atomic E-state index is -0.810. The van der Waals surface area contributed by atoms with Crippen LogP contribution in [0.25, 0.3) is 0 Å². The van der Waals surface area contributed by atoms with Crippen LogP contribution in [0.3, 0.4) is 0 Å². The highest BCUT2D eigenvalue weighted by Crippen LogP contribution is 2.15. The average Bonchev–Trinajstić information content (AvgIpc) is 2.46. The fraction of sp³-hybridized carbons (Fsp3) is 0.250. The molecule has 0 aliphatic heterocycles. The normalized spacial score (nSPS) is 12.1. The number of hydrogen-bond donors (Lipinski definition) is 2. The van der Waals surface area contributed by atoms with Gasteiger partial charge in [0.2, 0.25) is 0 Å². The van der Waals surface area contributed by atoms with E-state index in [1.807, 2.05) is 49.5 Å². The topological polar surface area (TPSA) is 62.2 Å². The van der Waals surface area contributed by atoms with Crippen molar-refractivity contribution in [3.63, 3.8) is 0 Å². The van der Waals surface area contributed by atoms with E-state index in [-0.39, 0.29) is 0 Å². The van der Waals surface area contributed by atoms with Gasteiger partial charge in [-0.05, 0) is 29.7 Å². The van der Waals surface area contributed by atoms with Crippen molar-refractivity contribution in [3.8, 4) is 0 Å². The van der Waals surface area contributed by atoms with Crippen LogP contribution in [0.1, 0.15) is 22.6 Å². The molecular formula is C16H18N2O2. The molecule has 0 bridgehead atoms. The summed E-state index contributed by atoms with van der Waals surface area (Å²) >= 11 is 0. The van der Waals surface area contributed by atoms with Gasteiger partial charge < -0.3 is 10.4 Å². The third-order valence-electron chi connectivity index (χ3n) is 3.30. The molecule has 104 valence electrons. The van der Waals surface area contributed by atoms with Gasteiger partial charge in [0.1, 0.15) is 0 Å². The summed E-state index contributed by atoms with van der Waals surface area (Å²) in [5.74, 6) is -1.34. The van der Waals surface area contributed by atoms with Gasteiger partial charge in [-0.3, -0.25) is 9.78 Å². The molecule has 4 nitrogen and oxygen atoms in total. The van der Waals surface area contributed by atoms with Crippen molar-refractivity contribution in [1.82, 2.24) is 10.3 Å². The summed E-state index contributed by atoms with van der Waals surface area (Å²) in [6, 6.07) is 11.2. The van der Waals surface area contributed by atoms with Crippen LogP contribution in [0.5, 0.6) is 0 Å². The standard InChI is InChI=1S/C16H18N2O2/c1-12-9-17-8-7-14(12)10-18-11-15(16(19)20)13-5-3-2-4-6-13/h2-9,15,18H,10-11H2,1H3,(H,19,20). The first-order valence-corrected chi connectivity index (χ1v) is 6.56. The number of aliphatic carboxylic acids is 1. The van der Waals surface area contributed by atoms with Gasteiger partial charge in [-0.15, -0.1) is 0 Å². The van der Waals surface area contributed by atoms with Gasteiger partial charge in [-0.25, -0.2) is 0 Å². The number of carboxylic acid groups (broad SMARTS) is 1. The van der Waals surface area contributed by atoms with Crippen LogP contribution in [0, 0.1) is 6.92 Å². The first kappa shape index (κ1) is 14.2. The lowest BCUT2D eigenvalue weighted by atomic mass is 9.99. The van der Waals surface area contributed by atoms with E-state index in [1.165, 1.54) is 0 Å². The van der Waals surface area contributed by atoms with Crippen LogP contribution in [-0.4, -0.2) is 22.6 Å². The lowest BCUT2D eigenvalue weighted by Crippen LogP contribution is -2.26. The lowest BCUT2D eigenvalue weighted by Gasteiger charge is -2.14. The Hall–Kier alpha value is -2.20. The molecule has 0 radical (unpaired) electrons. The summed E-state index contributed by atoms with van der Waals surface area (Å²) in [5, 5.41) is 12.5. The Bertz CT molecular complexity index is 570. The second-order valence-corrected chi connectivity index (χ2v) is 4.73. The molecule has 0 fully saturated rings. The monoisotopic (exact) mass is 270 g/mol. The maximum atomic E-state index is 11.4. The Balaban J connectivity index is 1.97. The fourth-order valence-electron chi connectivity index (χ4n) is 2.08. The van der Waals surface area contributed by atoms with E-state index in [0.29, 0.717) is 13.1 Å². The van der Waals surface area contributed by atoms with Crippen LogP contribution >= 0.6 is 0 Å². The van der Waals surface area contributed by atoms with Crippen molar-refractivity contribution in [1.29, 1.82) is 0 Å². The Labute approximate surface area is 118 Å². The summed E-state index contributed by atoms with van der Waals surface area (Å²) in [5.41, 5.74) is 3.06. The summed E-state index contributed by atoms with van der Waals surface area (Å²) in [6.45, 7) is 3.04. The van der Waals surface area contributed by atoms with Crippen molar-refractivity contribution in [2.75, 3.05) is 6.54 Å². The quantitative estimate of drug-likeness (QED) is 0.845. The van der Waals surface area contributed by atoms with Crippen molar-refractivity contribution >= 4 is 5.97 Å². The Morgan fingerprint density at radius 3 is 2.70 bits per heavy atom. The fourth-order valence-corrected chi connectivity index (χ4v) is 2.08. The second-order valence-electron chi connectivity index (χ2n) is 4.73. The van der Waals surface area contributed by atoms with E-state index in [9.17, 15) is 9.90 Å². The molecule has 1 aromatic heterocycles. The van der Waals surface area contributed by atoms with E-state index in [0.717, 1.165) is 16.7 Å². The minimum Gasteiger partial charge on any atom is -0.481 e. The highest BCUT2D eigenvalue weighted by atomic mass is 16.4. The number of carbonyl (C=O) groups is 1. The third kappa shape index (κ3) is 3.65. The highest BCUT2D eigenvalue weighted by molar-refractivity contribution is 5.76. The first-order chi connectivity index (χ1) is 9.68. The van der Waals surface area contributed by atoms with E-state index >= 15 is 0 Å². The molecule has 20 heavy (non-hydrogen) atoms. The summed E-state index contributed by atoms with van der Waals surface area (Å²) in [6.07, 6.45) is 3.55. The molecule has 0 saturated heterocycles. The minimum absolute atomic E-state index is 0.404. The number of hydrogen-bond acceptors (Lipinski definition) is 3. The van der Waals surface area contributed by atoms with Gasteiger partial charge in [0, 0.05) is 25.5 Å². The molecule has 1 heterocycles. The molecule has 1 unspecified atom stereocenters. The van der Waals surface area contributed by atoms with Gasteiger partial charge in [0.05, 0.1) is 5.92 Å². The van der Waals surface area contributed by atoms with Crippen LogP contribution in [0.4, 0.5) is 0 Å². The summed E-state index contributed by atoms with van der Waals surface area (Å²) in [4.78, 5) is 15.4. The Kier molecular flexibility index (Phi) is 4.85. The lowest BCUT2D eigenvalue weighted by molar-refractivity contribution is -0.138. The molecule has 0 aliphatic rings. The molecule has 0 spiro atoms. The van der Waals surface area contributed by atoms with E-state index in [2.05, 4.69) is 10.3 Å². The zero-order chi connectivity index (χ0) is 14.4. The largest absolute Gasteiger partial charge is 0.481 e. The molecule has 0 amide bonds. The SMILES string of the molecule is Cc1cnccc1CNCC(C(=O)O)c1ccccc1. The zero-order valence-electron chi connectivity index (χ0n) is 11.4. The predicted octanol–water partition coefficient (Wildman–Crippen LogP) is 2.35. The maximum Gasteiger partial charge on any atom is 0.312 e. The van der Waals surface area contributed by atoms with Crippen molar-refractivity contribution in [3.05, 3.63) is 65.5 Å². The molecule has 4 heteroatoms. The van der Waals surface area contributed by atoms with E-state index < -0.39 is 11.9 Å². The molecular weight excluding hydrogens is 252 g/mol. The predicted molar refractivity (Wildman–Crippen MR) is 77.5 cm³/mol. The van der Waals surface area contributed by atoms with E-state index in [1.54, 1.807) is 6.20 Å². The maximum absolute atomic E-state index is 11.4. The van der Waals surface area contributed by atoms with Crippen LogP contribution in [-0.2, 0) is 11.3 Å². The average molecular weight is 270 g/mol. The molecule has 1 atom stereocenters. The van der Waals surface area contributed by atoms with Crippen molar-refractivity contribution < 1.29 is 9.90 Å². The van der Waals surface area contributed by atoms with Gasteiger partial charge >= 0.3 is 5.97 Å².